The second-order valence-corrected chi connectivity index (χ2v) is 6.82. The molecule has 3 N–H and O–H groups in total. The number of ether oxygens (including phenoxy) is 1. The maximum absolute atomic E-state index is 12.9. The molecule has 0 bridgehead atoms. The van der Waals surface area contributed by atoms with E-state index in [0.717, 1.165) is 24.9 Å². The molecule has 1 aliphatic rings. The van der Waals surface area contributed by atoms with E-state index in [2.05, 4.69) is 10.4 Å². The number of aromatic nitrogens is 2. The Hall–Kier alpha value is -2.34. The van der Waals surface area contributed by atoms with Crippen LogP contribution in [0.1, 0.15) is 43.6 Å². The standard InChI is InChI=1S/C19H26N4O2/c1-3-11-25-16-12-23(15-7-5-4-6-8-15)22-17(16)18(24)21-19(2,13-20)14-9-10-14/h4-8,12,14H,3,9-11,13,20H2,1-2H3,(H,21,24). The number of carbonyl (C=O) groups excluding carboxylic acids is 1. The molecule has 1 aromatic heterocycles. The summed E-state index contributed by atoms with van der Waals surface area (Å²) in [7, 11) is 0. The SMILES string of the molecule is CCCOc1cn(-c2ccccc2)nc1C(=O)NC(C)(CN)C1CC1. The van der Waals surface area contributed by atoms with Gasteiger partial charge in [-0.15, -0.1) is 0 Å². The van der Waals surface area contributed by atoms with Gasteiger partial charge in [0.05, 0.1) is 24.0 Å². The molecule has 1 aliphatic carbocycles. The monoisotopic (exact) mass is 342 g/mol. The normalized spacial score (nSPS) is 16.3. The zero-order chi connectivity index (χ0) is 17.9. The van der Waals surface area contributed by atoms with Crippen molar-refractivity contribution >= 4 is 5.91 Å². The number of nitrogens with zero attached hydrogens (tertiary/aromatic N) is 2. The summed E-state index contributed by atoms with van der Waals surface area (Å²) < 4.78 is 7.44. The molecule has 6 nitrogen and oxygen atoms in total. The number of hydrogen-bond acceptors (Lipinski definition) is 4. The summed E-state index contributed by atoms with van der Waals surface area (Å²) in [4.78, 5) is 12.9. The average molecular weight is 342 g/mol. The summed E-state index contributed by atoms with van der Waals surface area (Å²) in [5, 5.41) is 7.55. The van der Waals surface area contributed by atoms with E-state index in [0.29, 0.717) is 30.5 Å². The van der Waals surface area contributed by atoms with Crippen LogP contribution in [0, 0.1) is 5.92 Å². The smallest absolute Gasteiger partial charge is 0.276 e. The van der Waals surface area contributed by atoms with E-state index in [1.54, 1.807) is 10.9 Å². The fourth-order valence-corrected chi connectivity index (χ4v) is 2.90. The lowest BCUT2D eigenvalue weighted by molar-refractivity contribution is 0.0888. The van der Waals surface area contributed by atoms with Gasteiger partial charge in [-0.1, -0.05) is 25.1 Å². The Kier molecular flexibility index (Phi) is 5.08. The van der Waals surface area contributed by atoms with Crippen LogP contribution < -0.4 is 15.8 Å². The molecule has 0 saturated heterocycles. The summed E-state index contributed by atoms with van der Waals surface area (Å²) in [6.45, 7) is 4.98. The van der Waals surface area contributed by atoms with Gasteiger partial charge in [-0.2, -0.15) is 5.10 Å². The van der Waals surface area contributed by atoms with Crippen LogP contribution in [0.25, 0.3) is 5.69 Å². The zero-order valence-electron chi connectivity index (χ0n) is 14.9. The van der Waals surface area contributed by atoms with Crippen LogP contribution in [0.2, 0.25) is 0 Å². The minimum Gasteiger partial charge on any atom is -0.489 e. The Balaban J connectivity index is 1.87. The molecule has 3 rings (SSSR count). The highest BCUT2D eigenvalue weighted by atomic mass is 16.5. The molecule has 1 unspecified atom stereocenters. The number of hydrogen-bond donors (Lipinski definition) is 2. The first-order valence-corrected chi connectivity index (χ1v) is 8.88. The lowest BCUT2D eigenvalue weighted by Crippen LogP contribution is -2.53. The predicted molar refractivity (Wildman–Crippen MR) is 97.0 cm³/mol. The second kappa shape index (κ2) is 7.27. The molecule has 1 heterocycles. The molecule has 1 saturated carbocycles. The van der Waals surface area contributed by atoms with E-state index >= 15 is 0 Å². The third-order valence-electron chi connectivity index (χ3n) is 4.68. The minimum atomic E-state index is -0.393. The van der Waals surface area contributed by atoms with Crippen molar-refractivity contribution in [1.82, 2.24) is 15.1 Å². The van der Waals surface area contributed by atoms with Gasteiger partial charge in [-0.25, -0.2) is 4.68 Å². The largest absolute Gasteiger partial charge is 0.489 e. The highest BCUT2D eigenvalue weighted by Crippen LogP contribution is 2.39. The molecule has 0 aliphatic heterocycles. The molecule has 0 radical (unpaired) electrons. The van der Waals surface area contributed by atoms with Crippen molar-refractivity contribution in [3.8, 4) is 11.4 Å². The Morgan fingerprint density at radius 2 is 2.12 bits per heavy atom. The number of para-hydroxylation sites is 1. The lowest BCUT2D eigenvalue weighted by Gasteiger charge is -2.29. The first kappa shape index (κ1) is 17.5. The van der Waals surface area contributed by atoms with Crippen LogP contribution in [0.3, 0.4) is 0 Å². The number of amides is 1. The summed E-state index contributed by atoms with van der Waals surface area (Å²) in [6.07, 6.45) is 4.83. The van der Waals surface area contributed by atoms with Crippen molar-refractivity contribution in [2.24, 2.45) is 11.7 Å². The third-order valence-corrected chi connectivity index (χ3v) is 4.68. The van der Waals surface area contributed by atoms with Gasteiger partial charge < -0.3 is 15.8 Å². The molecule has 25 heavy (non-hydrogen) atoms. The van der Waals surface area contributed by atoms with Crippen molar-refractivity contribution in [2.45, 2.75) is 38.6 Å². The fraction of sp³-hybridized carbons (Fsp3) is 0.474. The van der Waals surface area contributed by atoms with Gasteiger partial charge in [0, 0.05) is 6.54 Å². The molecule has 0 spiro atoms. The van der Waals surface area contributed by atoms with Crippen LogP contribution >= 0.6 is 0 Å². The van der Waals surface area contributed by atoms with E-state index in [1.807, 2.05) is 44.2 Å². The Labute approximate surface area is 148 Å². The van der Waals surface area contributed by atoms with Crippen molar-refractivity contribution in [1.29, 1.82) is 0 Å². The van der Waals surface area contributed by atoms with Crippen LogP contribution in [-0.2, 0) is 0 Å². The molecule has 134 valence electrons. The van der Waals surface area contributed by atoms with Crippen molar-refractivity contribution < 1.29 is 9.53 Å². The summed E-state index contributed by atoms with van der Waals surface area (Å²) >= 11 is 0. The number of carbonyl (C=O) groups is 1. The molecule has 1 fully saturated rings. The van der Waals surface area contributed by atoms with Gasteiger partial charge in [-0.05, 0) is 44.2 Å². The highest BCUT2D eigenvalue weighted by molar-refractivity contribution is 5.95. The van der Waals surface area contributed by atoms with Gasteiger partial charge in [-0.3, -0.25) is 4.79 Å². The molecule has 2 aromatic rings. The molecule has 1 aromatic carbocycles. The van der Waals surface area contributed by atoms with E-state index in [9.17, 15) is 4.79 Å². The molecular formula is C19H26N4O2. The predicted octanol–water partition coefficient (Wildman–Crippen LogP) is 2.52. The molecule has 1 atom stereocenters. The van der Waals surface area contributed by atoms with E-state index in [4.69, 9.17) is 10.5 Å². The van der Waals surface area contributed by atoms with Gasteiger partial charge in [0.15, 0.2) is 11.4 Å². The fourth-order valence-electron chi connectivity index (χ4n) is 2.90. The number of benzene rings is 1. The average Bonchev–Trinajstić information content (AvgIpc) is 3.41. The summed E-state index contributed by atoms with van der Waals surface area (Å²) in [5.74, 6) is 0.705. The first-order chi connectivity index (χ1) is 12.1. The Morgan fingerprint density at radius 3 is 2.72 bits per heavy atom. The van der Waals surface area contributed by atoms with E-state index in [-0.39, 0.29) is 5.91 Å². The zero-order valence-corrected chi connectivity index (χ0v) is 14.9. The maximum Gasteiger partial charge on any atom is 0.276 e. The number of rotatable bonds is 8. The van der Waals surface area contributed by atoms with Gasteiger partial charge >= 0.3 is 0 Å². The quantitative estimate of drug-likeness (QED) is 0.772. The van der Waals surface area contributed by atoms with Crippen LogP contribution in [0.15, 0.2) is 36.5 Å². The summed E-state index contributed by atoms with van der Waals surface area (Å²) in [6, 6.07) is 9.68. The van der Waals surface area contributed by atoms with E-state index < -0.39 is 5.54 Å². The lowest BCUT2D eigenvalue weighted by atomic mass is 9.96. The van der Waals surface area contributed by atoms with Crippen molar-refractivity contribution in [3.63, 3.8) is 0 Å². The van der Waals surface area contributed by atoms with E-state index in [1.165, 1.54) is 0 Å². The first-order valence-electron chi connectivity index (χ1n) is 8.88. The third kappa shape index (κ3) is 3.85. The van der Waals surface area contributed by atoms with Crippen molar-refractivity contribution in [2.75, 3.05) is 13.2 Å². The van der Waals surface area contributed by atoms with Gasteiger partial charge in [0.2, 0.25) is 0 Å². The van der Waals surface area contributed by atoms with Gasteiger partial charge in [0.25, 0.3) is 5.91 Å². The molecular weight excluding hydrogens is 316 g/mol. The number of nitrogens with two attached hydrogens (primary N) is 1. The van der Waals surface area contributed by atoms with Crippen molar-refractivity contribution in [3.05, 3.63) is 42.2 Å². The molecule has 1 amide bonds. The summed E-state index contributed by atoms with van der Waals surface area (Å²) in [5.41, 5.74) is 6.71. The molecule has 6 heteroatoms. The second-order valence-electron chi connectivity index (χ2n) is 6.82. The minimum absolute atomic E-state index is 0.236. The highest BCUT2D eigenvalue weighted by Gasteiger charge is 2.42. The van der Waals surface area contributed by atoms with Crippen LogP contribution in [0.4, 0.5) is 0 Å². The Morgan fingerprint density at radius 1 is 1.40 bits per heavy atom. The number of nitrogens with one attached hydrogen (secondary N) is 1. The van der Waals surface area contributed by atoms with Crippen LogP contribution in [0.5, 0.6) is 5.75 Å². The Bertz CT molecular complexity index is 724. The van der Waals surface area contributed by atoms with Crippen LogP contribution in [-0.4, -0.2) is 34.4 Å². The van der Waals surface area contributed by atoms with Gasteiger partial charge in [0.1, 0.15) is 0 Å². The topological polar surface area (TPSA) is 82.2 Å². The maximum atomic E-state index is 12.9.